The van der Waals surface area contributed by atoms with E-state index in [-0.39, 0.29) is 0 Å². The van der Waals surface area contributed by atoms with E-state index < -0.39 is 0 Å². The van der Waals surface area contributed by atoms with E-state index in [2.05, 4.69) is 37.3 Å². The van der Waals surface area contributed by atoms with Crippen LogP contribution in [0.15, 0.2) is 30.3 Å². The van der Waals surface area contributed by atoms with Crippen molar-refractivity contribution >= 4 is 11.6 Å². The Kier molecular flexibility index (Phi) is 13.5. The summed E-state index contributed by atoms with van der Waals surface area (Å²) >= 11 is 6.45. The molecule has 0 aliphatic carbocycles. The van der Waals surface area contributed by atoms with Crippen molar-refractivity contribution in [1.29, 1.82) is 0 Å². The smallest absolute Gasteiger partial charge is 0.0376 e. The van der Waals surface area contributed by atoms with Crippen LogP contribution >= 0.6 is 11.6 Å². The van der Waals surface area contributed by atoms with Crippen LogP contribution < -0.4 is 0 Å². The molecule has 1 aromatic carbocycles. The molecule has 1 rings (SSSR count). The number of hydrogen-bond acceptors (Lipinski definition) is 0. The summed E-state index contributed by atoms with van der Waals surface area (Å²) < 4.78 is 0. The summed E-state index contributed by atoms with van der Waals surface area (Å²) in [6.45, 7) is 2.29. The monoisotopic (exact) mass is 336 g/mol. The molecule has 0 fully saturated rings. The summed E-state index contributed by atoms with van der Waals surface area (Å²) in [6, 6.07) is 10.6. The molecule has 0 bridgehead atoms. The Hall–Kier alpha value is -0.490. The van der Waals surface area contributed by atoms with Crippen LogP contribution in [0.25, 0.3) is 0 Å². The second-order valence-corrected chi connectivity index (χ2v) is 7.58. The first-order valence-corrected chi connectivity index (χ1v) is 10.4. The fraction of sp³-hybridized carbons (Fsp3) is 0.727. The Morgan fingerprint density at radius 1 is 0.696 bits per heavy atom. The molecule has 0 N–H and O–H groups in total. The van der Waals surface area contributed by atoms with Gasteiger partial charge in [-0.1, -0.05) is 114 Å². The van der Waals surface area contributed by atoms with E-state index in [0.717, 1.165) is 12.8 Å². The van der Waals surface area contributed by atoms with Crippen LogP contribution in [0.3, 0.4) is 0 Å². The Morgan fingerprint density at radius 2 is 1.17 bits per heavy atom. The van der Waals surface area contributed by atoms with Crippen molar-refractivity contribution in [3.05, 3.63) is 35.9 Å². The lowest BCUT2D eigenvalue weighted by molar-refractivity contribution is 0.536. The molecular weight excluding hydrogens is 300 g/mol. The van der Waals surface area contributed by atoms with Crippen molar-refractivity contribution in [2.45, 2.75) is 102 Å². The van der Waals surface area contributed by atoms with Crippen molar-refractivity contribution in [3.63, 3.8) is 0 Å². The van der Waals surface area contributed by atoms with E-state index in [1.165, 1.54) is 82.6 Å². The predicted octanol–water partition coefficient (Wildman–Crippen LogP) is 7.93. The highest BCUT2D eigenvalue weighted by Crippen LogP contribution is 2.17. The van der Waals surface area contributed by atoms with E-state index in [1.54, 1.807) is 0 Å². The van der Waals surface area contributed by atoms with E-state index in [9.17, 15) is 0 Å². The molecule has 23 heavy (non-hydrogen) atoms. The van der Waals surface area contributed by atoms with E-state index in [1.807, 2.05) is 0 Å². The van der Waals surface area contributed by atoms with Crippen LogP contribution in [0.4, 0.5) is 0 Å². The van der Waals surface area contributed by atoms with Gasteiger partial charge in [0.25, 0.3) is 0 Å². The van der Waals surface area contributed by atoms with Gasteiger partial charge in [-0.05, 0) is 18.4 Å². The molecule has 0 spiro atoms. The Bertz CT molecular complexity index is 346. The Labute approximate surface area is 150 Å². The summed E-state index contributed by atoms with van der Waals surface area (Å²) in [5.74, 6) is 0. The molecule has 0 nitrogen and oxygen atoms in total. The van der Waals surface area contributed by atoms with Crippen LogP contribution in [0.2, 0.25) is 0 Å². The van der Waals surface area contributed by atoms with E-state index >= 15 is 0 Å². The molecule has 1 unspecified atom stereocenters. The van der Waals surface area contributed by atoms with Gasteiger partial charge < -0.3 is 0 Å². The quantitative estimate of drug-likeness (QED) is 0.225. The fourth-order valence-electron chi connectivity index (χ4n) is 3.18. The van der Waals surface area contributed by atoms with E-state index in [0.29, 0.717) is 5.38 Å². The van der Waals surface area contributed by atoms with Crippen LogP contribution in [0, 0.1) is 0 Å². The van der Waals surface area contributed by atoms with Crippen LogP contribution in [-0.4, -0.2) is 5.38 Å². The average Bonchev–Trinajstić information content (AvgIpc) is 2.57. The topological polar surface area (TPSA) is 0 Å². The molecular formula is C22H37Cl. The Morgan fingerprint density at radius 3 is 1.70 bits per heavy atom. The number of hydrogen-bond donors (Lipinski definition) is 0. The van der Waals surface area contributed by atoms with Gasteiger partial charge in [0, 0.05) is 5.38 Å². The van der Waals surface area contributed by atoms with Crippen LogP contribution in [-0.2, 0) is 6.42 Å². The molecule has 0 aliphatic rings. The minimum atomic E-state index is 0.306. The van der Waals surface area contributed by atoms with Crippen molar-refractivity contribution < 1.29 is 0 Å². The largest absolute Gasteiger partial charge is 0.123 e. The first-order chi connectivity index (χ1) is 11.3. The zero-order valence-electron chi connectivity index (χ0n) is 15.2. The molecule has 1 atom stereocenters. The maximum Gasteiger partial charge on any atom is 0.0376 e. The van der Waals surface area contributed by atoms with Crippen LogP contribution in [0.1, 0.15) is 96.0 Å². The minimum Gasteiger partial charge on any atom is -0.123 e. The van der Waals surface area contributed by atoms with Gasteiger partial charge in [-0.25, -0.2) is 0 Å². The summed E-state index contributed by atoms with van der Waals surface area (Å²) in [6.07, 6.45) is 19.1. The SMILES string of the molecule is CCCCCCCCCCCCCCC(Cl)Cc1ccccc1. The number of rotatable bonds is 15. The third-order valence-electron chi connectivity index (χ3n) is 4.67. The van der Waals surface area contributed by atoms with Crippen molar-refractivity contribution in [2.24, 2.45) is 0 Å². The second-order valence-electron chi connectivity index (χ2n) is 6.96. The molecule has 132 valence electrons. The highest BCUT2D eigenvalue weighted by atomic mass is 35.5. The van der Waals surface area contributed by atoms with E-state index in [4.69, 9.17) is 11.6 Å². The molecule has 1 aromatic rings. The third kappa shape index (κ3) is 12.6. The number of benzene rings is 1. The molecule has 1 heteroatoms. The lowest BCUT2D eigenvalue weighted by Gasteiger charge is -2.09. The predicted molar refractivity (Wildman–Crippen MR) is 105 cm³/mol. The Balaban J connectivity index is 1.82. The molecule has 0 saturated heterocycles. The lowest BCUT2D eigenvalue weighted by Crippen LogP contribution is -2.03. The summed E-state index contributed by atoms with van der Waals surface area (Å²) in [4.78, 5) is 0. The lowest BCUT2D eigenvalue weighted by atomic mass is 10.0. The minimum absolute atomic E-state index is 0.306. The summed E-state index contributed by atoms with van der Waals surface area (Å²) in [5.41, 5.74) is 1.37. The van der Waals surface area contributed by atoms with Gasteiger partial charge in [0.15, 0.2) is 0 Å². The zero-order valence-corrected chi connectivity index (χ0v) is 16.0. The average molecular weight is 337 g/mol. The first-order valence-electron chi connectivity index (χ1n) is 10.0. The van der Waals surface area contributed by atoms with Gasteiger partial charge in [0.05, 0.1) is 0 Å². The maximum atomic E-state index is 6.45. The molecule has 0 radical (unpaired) electrons. The normalized spacial score (nSPS) is 12.4. The summed E-state index contributed by atoms with van der Waals surface area (Å²) in [5, 5.41) is 0.306. The number of unbranched alkanes of at least 4 members (excludes halogenated alkanes) is 11. The maximum absolute atomic E-state index is 6.45. The number of alkyl halides is 1. The summed E-state index contributed by atoms with van der Waals surface area (Å²) in [7, 11) is 0. The molecule has 0 aliphatic heterocycles. The molecule has 0 heterocycles. The second kappa shape index (κ2) is 15.1. The molecule has 0 aromatic heterocycles. The third-order valence-corrected chi connectivity index (χ3v) is 5.04. The first kappa shape index (κ1) is 20.6. The fourth-order valence-corrected chi connectivity index (χ4v) is 3.51. The highest BCUT2D eigenvalue weighted by molar-refractivity contribution is 6.20. The van der Waals surface area contributed by atoms with Gasteiger partial charge in [-0.15, -0.1) is 11.6 Å². The van der Waals surface area contributed by atoms with Crippen molar-refractivity contribution in [2.75, 3.05) is 0 Å². The number of halogens is 1. The van der Waals surface area contributed by atoms with Gasteiger partial charge in [-0.2, -0.15) is 0 Å². The van der Waals surface area contributed by atoms with Crippen molar-refractivity contribution in [1.82, 2.24) is 0 Å². The van der Waals surface area contributed by atoms with Crippen LogP contribution in [0.5, 0.6) is 0 Å². The van der Waals surface area contributed by atoms with Gasteiger partial charge >= 0.3 is 0 Å². The van der Waals surface area contributed by atoms with Crippen molar-refractivity contribution in [3.8, 4) is 0 Å². The zero-order chi connectivity index (χ0) is 16.6. The van der Waals surface area contributed by atoms with Gasteiger partial charge in [-0.3, -0.25) is 0 Å². The van der Waals surface area contributed by atoms with Gasteiger partial charge in [0.1, 0.15) is 0 Å². The highest BCUT2D eigenvalue weighted by Gasteiger charge is 2.05. The standard InChI is InChI=1S/C22H37Cl/c1-2-3-4-5-6-7-8-9-10-11-12-16-19-22(23)20-21-17-14-13-15-18-21/h13-15,17-18,22H,2-12,16,19-20H2,1H3. The van der Waals surface area contributed by atoms with Gasteiger partial charge in [0.2, 0.25) is 0 Å². The molecule has 0 amide bonds. The molecule has 0 saturated carbocycles.